The van der Waals surface area contributed by atoms with Gasteiger partial charge in [0, 0.05) is 49.8 Å². The van der Waals surface area contributed by atoms with Crippen LogP contribution in [0.3, 0.4) is 0 Å². The van der Waals surface area contributed by atoms with E-state index in [1.54, 1.807) is 0 Å². The van der Waals surface area contributed by atoms with E-state index in [-0.39, 0.29) is 66.9 Å². The Morgan fingerprint density at radius 3 is 1.93 bits per heavy atom. The van der Waals surface area contributed by atoms with Gasteiger partial charge < -0.3 is 21.3 Å². The van der Waals surface area contributed by atoms with Crippen LogP contribution in [0.5, 0.6) is 0 Å². The van der Waals surface area contributed by atoms with Crippen LogP contribution < -0.4 is 26.6 Å². The van der Waals surface area contributed by atoms with E-state index in [0.29, 0.717) is 18.2 Å². The van der Waals surface area contributed by atoms with Gasteiger partial charge in [-0.1, -0.05) is 57.8 Å². The lowest BCUT2D eigenvalue weighted by Crippen LogP contribution is -2.40. The predicted molar refractivity (Wildman–Crippen MR) is 157 cm³/mol. The molecule has 0 saturated carbocycles. The molecule has 0 aromatic carbocycles. The normalized spacial score (nSPS) is 22.4. The van der Waals surface area contributed by atoms with Crippen molar-refractivity contribution in [1.29, 1.82) is 0 Å². The van der Waals surface area contributed by atoms with Crippen LogP contribution in [0.1, 0.15) is 109 Å². The standard InChI is InChI=1S/C29H49N5O5S/c35-24(14-10-9-13-23-28-22(20-40-23)32-29(39)34-28)30-15-11-7-5-3-1-2-4-6-8-12-16-31-25(36)17-21-18-26(37)33-27(38)19-21/h21-23,28H,1-20H2,(H,30,35)(H,31,36)(H2,32,34,39)(H,33,37,38)/t22-,23-,28-/m0/s1. The molecule has 3 saturated heterocycles. The number of imide groups is 1. The van der Waals surface area contributed by atoms with Crippen molar-refractivity contribution in [3.8, 4) is 0 Å². The van der Waals surface area contributed by atoms with Crippen molar-refractivity contribution in [2.24, 2.45) is 5.92 Å². The van der Waals surface area contributed by atoms with Crippen LogP contribution >= 0.6 is 11.8 Å². The number of thioether (sulfide) groups is 1. The van der Waals surface area contributed by atoms with Crippen molar-refractivity contribution < 1.29 is 24.0 Å². The minimum absolute atomic E-state index is 0.0432. The van der Waals surface area contributed by atoms with Gasteiger partial charge in [-0.2, -0.15) is 11.8 Å². The molecule has 3 heterocycles. The second kappa shape index (κ2) is 18.2. The molecule has 6 amide bonds. The van der Waals surface area contributed by atoms with E-state index < -0.39 is 0 Å². The van der Waals surface area contributed by atoms with Crippen molar-refractivity contribution in [2.45, 2.75) is 126 Å². The largest absolute Gasteiger partial charge is 0.356 e. The lowest BCUT2D eigenvalue weighted by Gasteiger charge is -2.20. The fourth-order valence-electron chi connectivity index (χ4n) is 5.82. The molecule has 0 aromatic rings. The van der Waals surface area contributed by atoms with Crippen LogP contribution in [0, 0.1) is 5.92 Å². The zero-order chi connectivity index (χ0) is 28.6. The number of hydrogen-bond acceptors (Lipinski definition) is 6. The summed E-state index contributed by atoms with van der Waals surface area (Å²) >= 11 is 1.93. The summed E-state index contributed by atoms with van der Waals surface area (Å²) < 4.78 is 0. The second-order valence-electron chi connectivity index (χ2n) is 11.6. The van der Waals surface area contributed by atoms with Gasteiger partial charge in [-0.25, -0.2) is 4.79 Å². The van der Waals surface area contributed by atoms with E-state index >= 15 is 0 Å². The van der Waals surface area contributed by atoms with Gasteiger partial charge in [-0.05, 0) is 31.6 Å². The molecule has 3 aliphatic heterocycles. The number of urea groups is 1. The lowest BCUT2D eigenvalue weighted by atomic mass is 9.93. The first-order valence-electron chi connectivity index (χ1n) is 15.5. The van der Waals surface area contributed by atoms with Crippen molar-refractivity contribution in [2.75, 3.05) is 18.8 Å². The summed E-state index contributed by atoms with van der Waals surface area (Å²) in [6.45, 7) is 1.42. The van der Waals surface area contributed by atoms with Gasteiger partial charge in [0.1, 0.15) is 0 Å². The average molecular weight is 580 g/mol. The maximum absolute atomic E-state index is 12.1. The maximum Gasteiger partial charge on any atom is 0.315 e. The van der Waals surface area contributed by atoms with Gasteiger partial charge in [-0.3, -0.25) is 24.5 Å². The Hall–Kier alpha value is -2.30. The first-order valence-corrected chi connectivity index (χ1v) is 16.5. The molecule has 5 N–H and O–H groups in total. The number of amides is 6. The lowest BCUT2D eigenvalue weighted by molar-refractivity contribution is -0.135. The number of piperidine rings is 1. The molecule has 0 unspecified atom stereocenters. The molecule has 40 heavy (non-hydrogen) atoms. The summed E-state index contributed by atoms with van der Waals surface area (Å²) in [5.41, 5.74) is 0. The number of rotatable bonds is 20. The summed E-state index contributed by atoms with van der Waals surface area (Å²) in [6, 6.07) is 0.474. The summed E-state index contributed by atoms with van der Waals surface area (Å²) in [7, 11) is 0. The number of unbranched alkanes of at least 4 members (excludes halogenated alkanes) is 10. The quantitative estimate of drug-likeness (QED) is 0.0850. The predicted octanol–water partition coefficient (Wildman–Crippen LogP) is 3.29. The van der Waals surface area contributed by atoms with Crippen molar-refractivity contribution in [3.63, 3.8) is 0 Å². The Morgan fingerprint density at radius 2 is 1.30 bits per heavy atom. The third kappa shape index (κ3) is 12.5. The molecule has 0 radical (unpaired) electrons. The van der Waals surface area contributed by atoms with Crippen LogP contribution in [0.25, 0.3) is 0 Å². The molecular formula is C29H49N5O5S. The average Bonchev–Trinajstić information content (AvgIpc) is 3.45. The molecule has 3 fully saturated rings. The number of carbonyl (C=O) groups is 5. The van der Waals surface area contributed by atoms with Crippen molar-refractivity contribution >= 4 is 41.4 Å². The highest BCUT2D eigenvalue weighted by molar-refractivity contribution is 8.00. The molecule has 10 nitrogen and oxygen atoms in total. The third-order valence-electron chi connectivity index (χ3n) is 8.03. The minimum Gasteiger partial charge on any atom is -0.356 e. The molecule has 0 aromatic heterocycles. The fourth-order valence-corrected chi connectivity index (χ4v) is 7.36. The number of carbonyl (C=O) groups excluding carboxylic acids is 5. The molecule has 0 spiro atoms. The summed E-state index contributed by atoms with van der Waals surface area (Å²) in [4.78, 5) is 58.3. The van der Waals surface area contributed by atoms with Crippen molar-refractivity contribution in [3.05, 3.63) is 0 Å². The molecule has 11 heteroatoms. The minimum atomic E-state index is -0.284. The Labute approximate surface area is 243 Å². The maximum atomic E-state index is 12.1. The number of nitrogens with one attached hydrogen (secondary N) is 5. The Morgan fingerprint density at radius 1 is 0.725 bits per heavy atom. The van der Waals surface area contributed by atoms with Crippen LogP contribution in [0.4, 0.5) is 4.79 Å². The van der Waals surface area contributed by atoms with Crippen LogP contribution in [0.15, 0.2) is 0 Å². The fraction of sp³-hybridized carbons (Fsp3) is 0.828. The highest BCUT2D eigenvalue weighted by atomic mass is 32.2. The first-order chi connectivity index (χ1) is 19.4. The Bertz CT molecular complexity index is 841. The van der Waals surface area contributed by atoms with E-state index in [9.17, 15) is 24.0 Å². The van der Waals surface area contributed by atoms with Gasteiger partial charge in [-0.15, -0.1) is 0 Å². The second-order valence-corrected chi connectivity index (χ2v) is 12.8. The third-order valence-corrected chi connectivity index (χ3v) is 9.54. The molecule has 3 aliphatic rings. The van der Waals surface area contributed by atoms with Gasteiger partial charge in [0.15, 0.2) is 0 Å². The first kappa shape index (κ1) is 32.2. The van der Waals surface area contributed by atoms with Crippen molar-refractivity contribution in [1.82, 2.24) is 26.6 Å². The van der Waals surface area contributed by atoms with E-state index in [0.717, 1.165) is 57.2 Å². The molecule has 226 valence electrons. The zero-order valence-corrected chi connectivity index (χ0v) is 24.7. The van der Waals surface area contributed by atoms with E-state index in [4.69, 9.17) is 0 Å². The molecule has 0 bridgehead atoms. The highest BCUT2D eigenvalue weighted by Crippen LogP contribution is 2.33. The SMILES string of the molecule is O=C(CCCC[C@@H]1SC[C@@H]2NC(=O)N[C@@H]21)NCCCCCCCCCCCCNC(=O)CC1CC(=O)NC(=O)C1. The monoisotopic (exact) mass is 579 g/mol. The van der Waals surface area contributed by atoms with E-state index in [1.807, 2.05) is 11.8 Å². The highest BCUT2D eigenvalue weighted by Gasteiger charge is 2.42. The van der Waals surface area contributed by atoms with Gasteiger partial charge in [0.25, 0.3) is 0 Å². The summed E-state index contributed by atoms with van der Waals surface area (Å²) in [5.74, 6) is 0.325. The van der Waals surface area contributed by atoms with Crippen LogP contribution in [0.2, 0.25) is 0 Å². The number of fused-ring (bicyclic) bond motifs is 1. The smallest absolute Gasteiger partial charge is 0.315 e. The Kier molecular flexibility index (Phi) is 14.7. The molecule has 0 aliphatic carbocycles. The van der Waals surface area contributed by atoms with Gasteiger partial charge in [0.05, 0.1) is 12.1 Å². The van der Waals surface area contributed by atoms with Gasteiger partial charge >= 0.3 is 6.03 Å². The van der Waals surface area contributed by atoms with Crippen LogP contribution in [-0.2, 0) is 19.2 Å². The molecule has 3 atom stereocenters. The van der Waals surface area contributed by atoms with Crippen LogP contribution in [-0.4, -0.2) is 65.8 Å². The summed E-state index contributed by atoms with van der Waals surface area (Å²) in [6.07, 6.45) is 15.9. The topological polar surface area (TPSA) is 146 Å². The molecular weight excluding hydrogens is 530 g/mol. The number of hydrogen-bond donors (Lipinski definition) is 5. The van der Waals surface area contributed by atoms with E-state index in [1.165, 1.54) is 38.5 Å². The Balaban J connectivity index is 1.01. The zero-order valence-electron chi connectivity index (χ0n) is 23.9. The summed E-state index contributed by atoms with van der Waals surface area (Å²) in [5, 5.41) is 14.7. The van der Waals surface area contributed by atoms with E-state index in [2.05, 4.69) is 26.6 Å². The molecule has 3 rings (SSSR count). The van der Waals surface area contributed by atoms with Gasteiger partial charge in [0.2, 0.25) is 23.6 Å².